The molecule has 1 rings (SSSR count). The highest BCUT2D eigenvalue weighted by atomic mass is 19.3. The van der Waals surface area contributed by atoms with Crippen LogP contribution in [0, 0.1) is 0 Å². The van der Waals surface area contributed by atoms with E-state index < -0.39 is 12.3 Å². The van der Waals surface area contributed by atoms with Gasteiger partial charge in [0, 0.05) is 26.0 Å². The van der Waals surface area contributed by atoms with Crippen molar-refractivity contribution in [2.75, 3.05) is 6.54 Å². The Labute approximate surface area is 69.2 Å². The van der Waals surface area contributed by atoms with Gasteiger partial charge in [-0.3, -0.25) is 0 Å². The Morgan fingerprint density at radius 1 is 1.67 bits per heavy atom. The molecule has 0 aliphatic carbocycles. The van der Waals surface area contributed by atoms with Gasteiger partial charge in [-0.25, -0.2) is 13.8 Å². The van der Waals surface area contributed by atoms with Gasteiger partial charge in [-0.05, 0) is 0 Å². The first-order valence-electron chi connectivity index (χ1n) is 3.62. The summed E-state index contributed by atoms with van der Waals surface area (Å²) in [4.78, 5) is 3.81. The molecule has 1 atom stereocenters. The van der Waals surface area contributed by atoms with Gasteiger partial charge in [0.15, 0.2) is 0 Å². The highest BCUT2D eigenvalue weighted by Gasteiger charge is 2.23. The maximum Gasteiger partial charge on any atom is 0.249 e. The van der Waals surface area contributed by atoms with E-state index in [1.807, 2.05) is 0 Å². The van der Waals surface area contributed by atoms with E-state index in [4.69, 9.17) is 5.73 Å². The third-order valence-electron chi connectivity index (χ3n) is 1.75. The Hall–Kier alpha value is -0.970. The van der Waals surface area contributed by atoms with Crippen molar-refractivity contribution < 1.29 is 8.78 Å². The van der Waals surface area contributed by atoms with Crippen LogP contribution in [0.2, 0.25) is 0 Å². The van der Waals surface area contributed by atoms with Crippen molar-refractivity contribution in [3.05, 3.63) is 18.2 Å². The number of halogens is 2. The molecule has 0 spiro atoms. The molecule has 0 bridgehead atoms. The van der Waals surface area contributed by atoms with Crippen molar-refractivity contribution in [2.45, 2.75) is 12.3 Å². The first-order valence-corrected chi connectivity index (χ1v) is 3.62. The van der Waals surface area contributed by atoms with E-state index in [0.717, 1.165) is 0 Å². The summed E-state index contributed by atoms with van der Waals surface area (Å²) in [6.07, 6.45) is 0.664. The second kappa shape index (κ2) is 3.62. The highest BCUT2D eigenvalue weighted by molar-refractivity contribution is 5.01. The average molecular weight is 175 g/mol. The monoisotopic (exact) mass is 175 g/mol. The summed E-state index contributed by atoms with van der Waals surface area (Å²) in [6, 6.07) is 0. The average Bonchev–Trinajstić information content (AvgIpc) is 2.38. The van der Waals surface area contributed by atoms with Crippen molar-refractivity contribution in [1.82, 2.24) is 9.55 Å². The molecule has 0 fully saturated rings. The van der Waals surface area contributed by atoms with Gasteiger partial charge in [-0.15, -0.1) is 0 Å². The minimum Gasteiger partial charge on any atom is -0.338 e. The van der Waals surface area contributed by atoms with Crippen LogP contribution >= 0.6 is 0 Å². The Balaban J connectivity index is 2.87. The van der Waals surface area contributed by atoms with Crippen molar-refractivity contribution in [1.29, 1.82) is 0 Å². The van der Waals surface area contributed by atoms with Crippen molar-refractivity contribution in [2.24, 2.45) is 12.8 Å². The Morgan fingerprint density at radius 3 is 2.67 bits per heavy atom. The van der Waals surface area contributed by atoms with Crippen LogP contribution < -0.4 is 5.73 Å². The van der Waals surface area contributed by atoms with E-state index in [2.05, 4.69) is 4.98 Å². The Kier molecular flexibility index (Phi) is 2.75. The fourth-order valence-electron chi connectivity index (χ4n) is 1.06. The molecule has 0 aliphatic rings. The van der Waals surface area contributed by atoms with Gasteiger partial charge in [-0.1, -0.05) is 0 Å². The molecule has 5 heteroatoms. The second-order valence-corrected chi connectivity index (χ2v) is 2.57. The summed E-state index contributed by atoms with van der Waals surface area (Å²) in [6.45, 7) is -0.0808. The predicted octanol–water partition coefficient (Wildman–Crippen LogP) is 0.728. The molecule has 2 N–H and O–H groups in total. The first kappa shape index (κ1) is 9.12. The summed E-state index contributed by atoms with van der Waals surface area (Å²) in [5, 5.41) is 0. The molecule has 0 amide bonds. The zero-order valence-corrected chi connectivity index (χ0v) is 6.74. The minimum atomic E-state index is -2.45. The number of hydrogen-bond acceptors (Lipinski definition) is 2. The number of alkyl halides is 2. The lowest BCUT2D eigenvalue weighted by molar-refractivity contribution is 0.112. The summed E-state index contributed by atoms with van der Waals surface area (Å²) in [5.41, 5.74) is 5.20. The van der Waals surface area contributed by atoms with Crippen LogP contribution in [0.5, 0.6) is 0 Å². The van der Waals surface area contributed by atoms with Gasteiger partial charge in [-0.2, -0.15) is 0 Å². The van der Waals surface area contributed by atoms with E-state index in [-0.39, 0.29) is 6.54 Å². The fraction of sp³-hybridized carbons (Fsp3) is 0.571. The first-order chi connectivity index (χ1) is 5.66. The zero-order valence-electron chi connectivity index (χ0n) is 6.74. The third kappa shape index (κ3) is 1.61. The molecule has 1 unspecified atom stereocenters. The molecule has 3 nitrogen and oxygen atoms in total. The number of nitrogens with two attached hydrogens (primary N) is 1. The molecule has 12 heavy (non-hydrogen) atoms. The lowest BCUT2D eigenvalue weighted by atomic mass is 10.1. The topological polar surface area (TPSA) is 43.8 Å². The lowest BCUT2D eigenvalue weighted by Gasteiger charge is -2.12. The fourth-order valence-corrected chi connectivity index (χ4v) is 1.06. The number of hydrogen-bond donors (Lipinski definition) is 1. The largest absolute Gasteiger partial charge is 0.338 e. The van der Waals surface area contributed by atoms with Gasteiger partial charge in [0.05, 0.1) is 5.92 Å². The molecule has 68 valence electrons. The van der Waals surface area contributed by atoms with E-state index in [1.54, 1.807) is 17.8 Å². The van der Waals surface area contributed by atoms with E-state index in [0.29, 0.717) is 5.82 Å². The number of nitrogens with zero attached hydrogens (tertiary/aromatic N) is 2. The number of rotatable bonds is 3. The van der Waals surface area contributed by atoms with Crippen molar-refractivity contribution in [3.8, 4) is 0 Å². The van der Waals surface area contributed by atoms with Gasteiger partial charge in [0.1, 0.15) is 5.82 Å². The van der Waals surface area contributed by atoms with Crippen LogP contribution in [0.15, 0.2) is 12.4 Å². The maximum absolute atomic E-state index is 12.3. The molecule has 0 aromatic carbocycles. The summed E-state index contributed by atoms with van der Waals surface area (Å²) in [5.74, 6) is -0.613. The molecular formula is C7H11F2N3. The van der Waals surface area contributed by atoms with Crippen LogP contribution in [-0.2, 0) is 7.05 Å². The predicted molar refractivity (Wildman–Crippen MR) is 41.0 cm³/mol. The Morgan fingerprint density at radius 2 is 2.33 bits per heavy atom. The quantitative estimate of drug-likeness (QED) is 0.735. The molecule has 1 aromatic heterocycles. The Bertz CT molecular complexity index is 247. The van der Waals surface area contributed by atoms with Crippen LogP contribution in [0.1, 0.15) is 11.7 Å². The van der Waals surface area contributed by atoms with Crippen molar-refractivity contribution in [3.63, 3.8) is 0 Å². The normalized spacial score (nSPS) is 13.8. The van der Waals surface area contributed by atoms with Gasteiger partial charge < -0.3 is 10.3 Å². The van der Waals surface area contributed by atoms with Crippen LogP contribution in [0.25, 0.3) is 0 Å². The smallest absolute Gasteiger partial charge is 0.249 e. The van der Waals surface area contributed by atoms with Crippen LogP contribution in [-0.4, -0.2) is 22.5 Å². The zero-order chi connectivity index (χ0) is 9.14. The summed E-state index contributed by atoms with van der Waals surface area (Å²) < 4.78 is 26.2. The number of aryl methyl sites for hydroxylation is 1. The summed E-state index contributed by atoms with van der Waals surface area (Å²) in [7, 11) is 1.67. The third-order valence-corrected chi connectivity index (χ3v) is 1.75. The molecule has 0 aliphatic heterocycles. The molecule has 0 saturated heterocycles. The molecule has 1 aromatic rings. The van der Waals surface area contributed by atoms with Crippen molar-refractivity contribution >= 4 is 0 Å². The lowest BCUT2D eigenvalue weighted by Crippen LogP contribution is -2.22. The van der Waals surface area contributed by atoms with Gasteiger partial charge in [0.2, 0.25) is 6.43 Å². The van der Waals surface area contributed by atoms with Crippen LogP contribution in [0.4, 0.5) is 8.78 Å². The molecule has 0 saturated carbocycles. The second-order valence-electron chi connectivity index (χ2n) is 2.57. The van der Waals surface area contributed by atoms with Crippen LogP contribution in [0.3, 0.4) is 0 Å². The van der Waals surface area contributed by atoms with Gasteiger partial charge in [0.25, 0.3) is 0 Å². The van der Waals surface area contributed by atoms with Gasteiger partial charge >= 0.3 is 0 Å². The molecule has 0 radical (unpaired) electrons. The standard InChI is InChI=1S/C7H11F2N3/c1-12-3-2-11-7(12)5(4-10)6(8)9/h2-3,5-6H,4,10H2,1H3. The summed E-state index contributed by atoms with van der Waals surface area (Å²) >= 11 is 0. The minimum absolute atomic E-state index is 0.0808. The molecular weight excluding hydrogens is 164 g/mol. The SMILES string of the molecule is Cn1ccnc1C(CN)C(F)F. The molecule has 1 heterocycles. The highest BCUT2D eigenvalue weighted by Crippen LogP contribution is 2.19. The van der Waals surface area contributed by atoms with E-state index in [9.17, 15) is 8.78 Å². The number of aromatic nitrogens is 2. The number of imidazole rings is 1. The van der Waals surface area contributed by atoms with E-state index in [1.165, 1.54) is 6.20 Å². The maximum atomic E-state index is 12.3. The van der Waals surface area contributed by atoms with E-state index >= 15 is 0 Å².